The molecule has 0 saturated heterocycles. The van der Waals surface area contributed by atoms with Crippen LogP contribution in [-0.4, -0.2) is 24.0 Å². The first-order chi connectivity index (χ1) is 12.7. The van der Waals surface area contributed by atoms with E-state index in [1.807, 2.05) is 39.8 Å². The van der Waals surface area contributed by atoms with Crippen molar-refractivity contribution < 1.29 is 14.3 Å². The van der Waals surface area contributed by atoms with Gasteiger partial charge in [-0.25, -0.2) is 0 Å². The molecule has 2 N–H and O–H groups in total. The molecule has 2 aromatic carbocycles. The molecule has 0 aliphatic heterocycles. The summed E-state index contributed by atoms with van der Waals surface area (Å²) in [6, 6.07) is 10.7. The summed E-state index contributed by atoms with van der Waals surface area (Å²) in [5, 5.41) is 5.64. The Bertz CT molecular complexity index is 809. The van der Waals surface area contributed by atoms with Crippen molar-refractivity contribution in [1.29, 1.82) is 0 Å². The van der Waals surface area contributed by atoms with E-state index in [4.69, 9.17) is 4.74 Å². The Morgan fingerprint density at radius 3 is 2.07 bits per heavy atom. The van der Waals surface area contributed by atoms with E-state index in [2.05, 4.69) is 26.6 Å². The van der Waals surface area contributed by atoms with Gasteiger partial charge in [0.05, 0.1) is 0 Å². The summed E-state index contributed by atoms with van der Waals surface area (Å²) in [5.41, 5.74) is 3.08. The normalized spacial score (nSPS) is 11.8. The molecule has 0 bridgehead atoms. The topological polar surface area (TPSA) is 67.4 Å². The predicted octanol–water partition coefficient (Wildman–Crippen LogP) is 4.61. The van der Waals surface area contributed by atoms with Crippen LogP contribution in [0.3, 0.4) is 0 Å². The van der Waals surface area contributed by atoms with Gasteiger partial charge in [0.15, 0.2) is 6.10 Å². The fourth-order valence-electron chi connectivity index (χ4n) is 2.61. The van der Waals surface area contributed by atoms with Gasteiger partial charge in [0, 0.05) is 21.8 Å². The number of benzene rings is 2. The number of rotatable bonds is 6. The van der Waals surface area contributed by atoms with Crippen LogP contribution < -0.4 is 15.4 Å². The van der Waals surface area contributed by atoms with Crippen LogP contribution in [0.2, 0.25) is 0 Å². The Kier molecular flexibility index (Phi) is 7.02. The molecule has 1 unspecified atom stereocenters. The predicted molar refractivity (Wildman–Crippen MR) is 111 cm³/mol. The van der Waals surface area contributed by atoms with Crippen LogP contribution in [0.5, 0.6) is 5.75 Å². The van der Waals surface area contributed by atoms with E-state index < -0.39 is 6.10 Å². The van der Waals surface area contributed by atoms with Crippen molar-refractivity contribution >= 4 is 33.4 Å². The van der Waals surface area contributed by atoms with Crippen molar-refractivity contribution in [1.82, 2.24) is 5.32 Å². The minimum Gasteiger partial charge on any atom is -0.480 e. The average Bonchev–Trinajstić information content (AvgIpc) is 2.57. The lowest BCUT2D eigenvalue weighted by molar-refractivity contribution is -0.122. The zero-order valence-electron chi connectivity index (χ0n) is 16.2. The van der Waals surface area contributed by atoms with Gasteiger partial charge in [-0.3, -0.25) is 9.59 Å². The van der Waals surface area contributed by atoms with Crippen molar-refractivity contribution in [2.75, 3.05) is 5.32 Å². The van der Waals surface area contributed by atoms with Crippen molar-refractivity contribution in [3.8, 4) is 5.75 Å². The van der Waals surface area contributed by atoms with Crippen LogP contribution in [0.15, 0.2) is 40.9 Å². The van der Waals surface area contributed by atoms with Crippen LogP contribution in [-0.2, 0) is 4.79 Å². The maximum absolute atomic E-state index is 12.4. The molecular weight excluding hydrogens is 408 g/mol. The lowest BCUT2D eigenvalue weighted by Crippen LogP contribution is -2.31. The third-order valence-corrected chi connectivity index (χ3v) is 4.38. The molecule has 0 aliphatic rings. The van der Waals surface area contributed by atoms with Crippen LogP contribution in [0.1, 0.15) is 42.3 Å². The maximum Gasteiger partial charge on any atom is 0.265 e. The molecule has 2 amide bonds. The molecule has 144 valence electrons. The second-order valence-corrected chi connectivity index (χ2v) is 7.74. The van der Waals surface area contributed by atoms with Crippen molar-refractivity contribution in [2.24, 2.45) is 0 Å². The minimum absolute atomic E-state index is 0.0698. The molecular formula is C21H25BrN2O3. The second kappa shape index (κ2) is 9.04. The van der Waals surface area contributed by atoms with Crippen molar-refractivity contribution in [2.45, 2.75) is 46.8 Å². The summed E-state index contributed by atoms with van der Waals surface area (Å²) in [4.78, 5) is 24.4. The largest absolute Gasteiger partial charge is 0.480 e. The number of hydrogen-bond donors (Lipinski definition) is 2. The molecule has 2 rings (SSSR count). The molecule has 0 aromatic heterocycles. The van der Waals surface area contributed by atoms with Gasteiger partial charge in [0.25, 0.3) is 11.8 Å². The quantitative estimate of drug-likeness (QED) is 0.699. The Morgan fingerprint density at radius 1 is 1.00 bits per heavy atom. The number of hydrogen-bond acceptors (Lipinski definition) is 3. The van der Waals surface area contributed by atoms with Gasteiger partial charge in [-0.2, -0.15) is 0 Å². The van der Waals surface area contributed by atoms with Gasteiger partial charge >= 0.3 is 0 Å². The zero-order valence-corrected chi connectivity index (χ0v) is 17.8. The number of carbonyl (C=O) groups is 2. The van der Waals surface area contributed by atoms with Gasteiger partial charge in [0.2, 0.25) is 0 Å². The van der Waals surface area contributed by atoms with Crippen LogP contribution in [0, 0.1) is 13.8 Å². The SMILES string of the molecule is Cc1cc(Br)cc(C)c1OC(C)C(=O)Nc1ccc(C(=O)NC(C)C)cc1. The highest BCUT2D eigenvalue weighted by Crippen LogP contribution is 2.28. The number of anilines is 1. The number of nitrogens with one attached hydrogen (secondary N) is 2. The summed E-state index contributed by atoms with van der Waals surface area (Å²) in [6.07, 6.45) is -0.660. The third-order valence-electron chi connectivity index (χ3n) is 3.92. The number of amides is 2. The Labute approximate surface area is 168 Å². The Hall–Kier alpha value is -2.34. The van der Waals surface area contributed by atoms with E-state index in [9.17, 15) is 9.59 Å². The fraction of sp³-hybridized carbons (Fsp3) is 0.333. The first kappa shape index (κ1) is 21.0. The van der Waals surface area contributed by atoms with E-state index in [1.54, 1.807) is 31.2 Å². The molecule has 0 radical (unpaired) electrons. The molecule has 0 aliphatic carbocycles. The summed E-state index contributed by atoms with van der Waals surface area (Å²) in [7, 11) is 0. The van der Waals surface area contributed by atoms with E-state index in [0.29, 0.717) is 17.0 Å². The van der Waals surface area contributed by atoms with E-state index in [0.717, 1.165) is 15.6 Å². The Balaban J connectivity index is 2.01. The monoisotopic (exact) mass is 432 g/mol. The molecule has 6 heteroatoms. The summed E-state index contributed by atoms with van der Waals surface area (Å²) in [6.45, 7) is 9.41. The first-order valence-electron chi connectivity index (χ1n) is 8.82. The molecule has 0 saturated carbocycles. The molecule has 27 heavy (non-hydrogen) atoms. The van der Waals surface area contributed by atoms with Gasteiger partial charge in [0.1, 0.15) is 5.75 Å². The lowest BCUT2D eigenvalue weighted by atomic mass is 10.1. The Morgan fingerprint density at radius 2 is 1.56 bits per heavy atom. The van der Waals surface area contributed by atoms with Crippen LogP contribution in [0.25, 0.3) is 0 Å². The number of ether oxygens (including phenoxy) is 1. The first-order valence-corrected chi connectivity index (χ1v) is 9.62. The number of carbonyl (C=O) groups excluding carboxylic acids is 2. The van der Waals surface area contributed by atoms with Gasteiger partial charge < -0.3 is 15.4 Å². The highest BCUT2D eigenvalue weighted by molar-refractivity contribution is 9.10. The minimum atomic E-state index is -0.660. The van der Waals surface area contributed by atoms with Crippen molar-refractivity contribution in [3.05, 3.63) is 57.6 Å². The molecule has 0 spiro atoms. The average molecular weight is 433 g/mol. The van der Waals surface area contributed by atoms with E-state index in [1.165, 1.54) is 0 Å². The lowest BCUT2D eigenvalue weighted by Gasteiger charge is -2.18. The number of halogens is 1. The molecule has 5 nitrogen and oxygen atoms in total. The smallest absolute Gasteiger partial charge is 0.265 e. The summed E-state index contributed by atoms with van der Waals surface area (Å²) < 4.78 is 6.85. The molecule has 0 fully saturated rings. The standard InChI is InChI=1S/C21H25BrN2O3/c1-12(2)23-21(26)16-6-8-18(9-7-16)24-20(25)15(5)27-19-13(3)10-17(22)11-14(19)4/h6-12,15H,1-5H3,(H,23,26)(H,24,25). The van der Waals surface area contributed by atoms with E-state index in [-0.39, 0.29) is 17.9 Å². The van der Waals surface area contributed by atoms with Crippen LogP contribution in [0.4, 0.5) is 5.69 Å². The molecule has 2 aromatic rings. The zero-order chi connectivity index (χ0) is 20.1. The molecule has 0 heterocycles. The summed E-state index contributed by atoms with van der Waals surface area (Å²) in [5.74, 6) is 0.318. The van der Waals surface area contributed by atoms with Gasteiger partial charge in [-0.05, 0) is 82.1 Å². The fourth-order valence-corrected chi connectivity index (χ4v) is 3.29. The molecule has 1 atom stereocenters. The highest BCUT2D eigenvalue weighted by Gasteiger charge is 2.18. The summed E-state index contributed by atoms with van der Waals surface area (Å²) >= 11 is 3.45. The highest BCUT2D eigenvalue weighted by atomic mass is 79.9. The van der Waals surface area contributed by atoms with Gasteiger partial charge in [-0.15, -0.1) is 0 Å². The van der Waals surface area contributed by atoms with Gasteiger partial charge in [-0.1, -0.05) is 15.9 Å². The van der Waals surface area contributed by atoms with E-state index >= 15 is 0 Å². The van der Waals surface area contributed by atoms with Crippen molar-refractivity contribution in [3.63, 3.8) is 0 Å². The van der Waals surface area contributed by atoms with Crippen LogP contribution >= 0.6 is 15.9 Å². The second-order valence-electron chi connectivity index (χ2n) is 6.82. The number of aryl methyl sites for hydroxylation is 2. The maximum atomic E-state index is 12.4. The third kappa shape index (κ3) is 5.82.